The third-order valence-corrected chi connectivity index (χ3v) is 7.85. The van der Waals surface area contributed by atoms with Crippen LogP contribution in [0.5, 0.6) is 0 Å². The van der Waals surface area contributed by atoms with Crippen LogP contribution < -0.4 is 5.32 Å². The summed E-state index contributed by atoms with van der Waals surface area (Å²) in [5.74, 6) is 0.891. The van der Waals surface area contributed by atoms with E-state index in [4.69, 9.17) is 0 Å². The number of carbonyl (C=O) groups excluding carboxylic acids is 1. The van der Waals surface area contributed by atoms with Gasteiger partial charge in [0, 0.05) is 37.9 Å². The summed E-state index contributed by atoms with van der Waals surface area (Å²) in [5, 5.41) is 14.2. The number of benzene rings is 2. The number of β-amino-alcohol motifs (C(OH)–C–C–N with tert-alkyl or cyclic N) is 1. The van der Waals surface area contributed by atoms with Crippen LogP contribution in [0.15, 0.2) is 48.5 Å². The Labute approximate surface area is 201 Å². The van der Waals surface area contributed by atoms with E-state index in [1.807, 2.05) is 42.8 Å². The predicted octanol–water partition coefficient (Wildman–Crippen LogP) is 2.96. The molecule has 2 aromatic carbocycles. The number of fused-ring (bicyclic) bond motifs is 1. The molecule has 0 saturated carbocycles. The summed E-state index contributed by atoms with van der Waals surface area (Å²) < 4.78 is 2.04. The fourth-order valence-electron chi connectivity index (χ4n) is 5.83. The van der Waals surface area contributed by atoms with Crippen LogP contribution in [0.1, 0.15) is 30.7 Å². The van der Waals surface area contributed by atoms with E-state index in [0.717, 1.165) is 67.9 Å². The normalized spacial score (nSPS) is 23.7. The monoisotopic (exact) mass is 461 g/mol. The number of hydrogen-bond acceptors (Lipinski definition) is 5. The highest BCUT2D eigenvalue weighted by molar-refractivity contribution is 5.94. The lowest BCUT2D eigenvalue weighted by atomic mass is 9.82. The Bertz CT molecular complexity index is 1160. The topological polar surface area (TPSA) is 73.6 Å². The van der Waals surface area contributed by atoms with Gasteiger partial charge in [0.05, 0.1) is 23.7 Å². The molecule has 34 heavy (non-hydrogen) atoms. The molecule has 1 spiro atoms. The summed E-state index contributed by atoms with van der Waals surface area (Å²) in [5.41, 5.74) is 3.88. The van der Waals surface area contributed by atoms with Gasteiger partial charge in [-0.3, -0.25) is 14.6 Å². The summed E-state index contributed by atoms with van der Waals surface area (Å²) in [6.07, 6.45) is 3.62. The van der Waals surface area contributed by atoms with E-state index in [1.165, 1.54) is 5.56 Å². The summed E-state index contributed by atoms with van der Waals surface area (Å²) >= 11 is 0. The molecule has 5 rings (SSSR count). The van der Waals surface area contributed by atoms with Gasteiger partial charge in [0.1, 0.15) is 5.82 Å². The number of aliphatic hydroxyl groups excluding tert-OH is 1. The van der Waals surface area contributed by atoms with Gasteiger partial charge in [-0.1, -0.05) is 30.3 Å². The van der Waals surface area contributed by atoms with E-state index in [9.17, 15) is 9.90 Å². The van der Waals surface area contributed by atoms with Crippen molar-refractivity contribution in [2.24, 2.45) is 7.05 Å². The van der Waals surface area contributed by atoms with Crippen LogP contribution in [0.3, 0.4) is 0 Å². The van der Waals surface area contributed by atoms with Crippen LogP contribution in [0.4, 0.5) is 5.69 Å². The number of aliphatic hydroxyl groups is 1. The SMILES string of the molecule is Cc1nc2cc(NC(=O)CN3CC[C@@]4(CCCN4CCc4ccccc4)[C@@H](O)C3)ccc2n1C. The molecular weight excluding hydrogens is 426 g/mol. The first-order valence-corrected chi connectivity index (χ1v) is 12.4. The third-order valence-electron chi connectivity index (χ3n) is 7.85. The molecule has 2 aliphatic rings. The molecule has 2 saturated heterocycles. The number of piperidine rings is 1. The van der Waals surface area contributed by atoms with Crippen molar-refractivity contribution >= 4 is 22.6 Å². The lowest BCUT2D eigenvalue weighted by Crippen LogP contribution is -2.62. The van der Waals surface area contributed by atoms with Gasteiger partial charge in [0.2, 0.25) is 5.91 Å². The molecule has 0 unspecified atom stereocenters. The highest BCUT2D eigenvalue weighted by Crippen LogP contribution is 2.38. The van der Waals surface area contributed by atoms with Crippen molar-refractivity contribution in [2.75, 3.05) is 38.0 Å². The van der Waals surface area contributed by atoms with E-state index < -0.39 is 6.10 Å². The Morgan fingerprint density at radius 2 is 2.00 bits per heavy atom. The molecule has 1 amide bonds. The summed E-state index contributed by atoms with van der Waals surface area (Å²) in [4.78, 5) is 21.9. The van der Waals surface area contributed by atoms with Gasteiger partial charge < -0.3 is 15.0 Å². The summed E-state index contributed by atoms with van der Waals surface area (Å²) in [7, 11) is 1.99. The van der Waals surface area contributed by atoms with Crippen molar-refractivity contribution in [1.82, 2.24) is 19.4 Å². The highest BCUT2D eigenvalue weighted by Gasteiger charge is 2.49. The first-order chi connectivity index (χ1) is 16.4. The summed E-state index contributed by atoms with van der Waals surface area (Å²) in [6.45, 7) is 5.63. The molecular formula is C27H35N5O2. The van der Waals surface area contributed by atoms with Gasteiger partial charge in [0.15, 0.2) is 0 Å². The number of aromatic nitrogens is 2. The minimum atomic E-state index is -0.444. The van der Waals surface area contributed by atoms with Crippen molar-refractivity contribution in [3.8, 4) is 0 Å². The lowest BCUT2D eigenvalue weighted by molar-refractivity contribution is -0.120. The zero-order valence-electron chi connectivity index (χ0n) is 20.2. The maximum Gasteiger partial charge on any atom is 0.238 e. The highest BCUT2D eigenvalue weighted by atomic mass is 16.3. The molecule has 3 aromatic rings. The number of rotatable bonds is 6. The van der Waals surface area contributed by atoms with Crippen LogP contribution >= 0.6 is 0 Å². The molecule has 180 valence electrons. The van der Waals surface area contributed by atoms with Gasteiger partial charge >= 0.3 is 0 Å². The number of anilines is 1. The standard InChI is InChI=1S/C27H35N5O2/c1-20-28-23-17-22(9-10-24(23)30(20)2)29-26(34)19-31-16-13-27(25(33)18-31)12-6-14-32(27)15-11-21-7-4-3-5-8-21/h3-5,7-10,17,25,33H,6,11-16,18-19H2,1-2H3,(H,29,34)/t25-,27-/m0/s1. The van der Waals surface area contributed by atoms with Gasteiger partial charge in [0.25, 0.3) is 0 Å². The second-order valence-electron chi connectivity index (χ2n) is 9.90. The van der Waals surface area contributed by atoms with Crippen LogP contribution in [0.2, 0.25) is 0 Å². The van der Waals surface area contributed by atoms with Crippen LogP contribution in [-0.2, 0) is 18.3 Å². The average molecular weight is 462 g/mol. The molecule has 1 aromatic heterocycles. The number of hydrogen-bond donors (Lipinski definition) is 2. The number of imidazole rings is 1. The molecule has 7 nitrogen and oxygen atoms in total. The Morgan fingerprint density at radius 3 is 2.79 bits per heavy atom. The molecule has 2 fully saturated rings. The number of carbonyl (C=O) groups is 1. The van der Waals surface area contributed by atoms with Gasteiger partial charge in [-0.25, -0.2) is 4.98 Å². The Balaban J connectivity index is 1.17. The molecule has 3 heterocycles. The van der Waals surface area contributed by atoms with Crippen LogP contribution in [0.25, 0.3) is 11.0 Å². The number of aryl methyl sites for hydroxylation is 2. The fraction of sp³-hybridized carbons (Fsp3) is 0.481. The number of nitrogens with one attached hydrogen (secondary N) is 1. The molecule has 2 N–H and O–H groups in total. The third kappa shape index (κ3) is 4.48. The van der Waals surface area contributed by atoms with Gasteiger partial charge in [-0.05, 0) is 62.9 Å². The molecule has 2 aliphatic heterocycles. The van der Waals surface area contributed by atoms with E-state index in [2.05, 4.69) is 44.4 Å². The van der Waals surface area contributed by atoms with Crippen molar-refractivity contribution in [2.45, 2.75) is 44.2 Å². The molecule has 2 atom stereocenters. The predicted molar refractivity (Wildman–Crippen MR) is 135 cm³/mol. The smallest absolute Gasteiger partial charge is 0.238 e. The van der Waals surface area contributed by atoms with Crippen molar-refractivity contribution in [3.63, 3.8) is 0 Å². The Kier molecular flexibility index (Phi) is 6.42. The zero-order valence-corrected chi connectivity index (χ0v) is 20.2. The van der Waals surface area contributed by atoms with Crippen molar-refractivity contribution in [1.29, 1.82) is 0 Å². The van der Waals surface area contributed by atoms with E-state index in [0.29, 0.717) is 6.54 Å². The van der Waals surface area contributed by atoms with E-state index >= 15 is 0 Å². The lowest BCUT2D eigenvalue weighted by Gasteiger charge is -2.48. The molecule has 7 heteroatoms. The zero-order chi connectivity index (χ0) is 23.7. The minimum absolute atomic E-state index is 0.0532. The fourth-order valence-corrected chi connectivity index (χ4v) is 5.83. The molecule has 0 bridgehead atoms. The largest absolute Gasteiger partial charge is 0.390 e. The van der Waals surface area contributed by atoms with Gasteiger partial charge in [-0.2, -0.15) is 0 Å². The second-order valence-corrected chi connectivity index (χ2v) is 9.90. The van der Waals surface area contributed by atoms with E-state index in [1.54, 1.807) is 0 Å². The maximum absolute atomic E-state index is 12.8. The van der Waals surface area contributed by atoms with Gasteiger partial charge in [-0.15, -0.1) is 0 Å². The minimum Gasteiger partial charge on any atom is -0.390 e. The Hall–Kier alpha value is -2.74. The maximum atomic E-state index is 12.8. The Morgan fingerprint density at radius 1 is 1.18 bits per heavy atom. The molecule has 0 radical (unpaired) electrons. The first kappa shape index (κ1) is 23.0. The number of likely N-dealkylation sites (tertiary alicyclic amines) is 2. The quantitative estimate of drug-likeness (QED) is 0.591. The average Bonchev–Trinajstić information content (AvgIpc) is 3.36. The number of amides is 1. The first-order valence-electron chi connectivity index (χ1n) is 12.4. The molecule has 0 aliphatic carbocycles. The van der Waals surface area contributed by atoms with Crippen LogP contribution in [0, 0.1) is 6.92 Å². The van der Waals surface area contributed by atoms with E-state index in [-0.39, 0.29) is 18.0 Å². The van der Waals surface area contributed by atoms with Crippen molar-refractivity contribution < 1.29 is 9.90 Å². The summed E-state index contributed by atoms with van der Waals surface area (Å²) in [6, 6.07) is 16.4. The second kappa shape index (κ2) is 9.49. The van der Waals surface area contributed by atoms with Crippen molar-refractivity contribution in [3.05, 3.63) is 59.9 Å². The number of nitrogens with zero attached hydrogens (tertiary/aromatic N) is 4. The van der Waals surface area contributed by atoms with Crippen LogP contribution in [-0.4, -0.2) is 74.7 Å².